The molecule has 1 aromatic heterocycles. The van der Waals surface area contributed by atoms with E-state index in [1.165, 1.54) is 18.5 Å². The van der Waals surface area contributed by atoms with E-state index in [-0.39, 0.29) is 12.1 Å². The molecule has 0 spiro atoms. The summed E-state index contributed by atoms with van der Waals surface area (Å²) in [5, 5.41) is 12.8. The van der Waals surface area contributed by atoms with E-state index in [1.54, 1.807) is 18.2 Å². The molecule has 152 valence electrons. The minimum atomic E-state index is -4.63. The lowest BCUT2D eigenvalue weighted by Gasteiger charge is -2.18. The highest BCUT2D eigenvalue weighted by molar-refractivity contribution is 9.10. The van der Waals surface area contributed by atoms with Gasteiger partial charge in [-0.2, -0.15) is 13.2 Å². The Morgan fingerprint density at radius 3 is 2.69 bits per heavy atom. The zero-order valence-corrected chi connectivity index (χ0v) is 16.4. The first-order valence-electron chi connectivity index (χ1n) is 8.42. The molecule has 0 aliphatic carbocycles. The van der Waals surface area contributed by atoms with Crippen LogP contribution in [0.5, 0.6) is 0 Å². The number of aromatic nitrogens is 2. The molecule has 1 atom stereocenters. The van der Waals surface area contributed by atoms with E-state index >= 15 is 0 Å². The first kappa shape index (κ1) is 21.0. The summed E-state index contributed by atoms with van der Waals surface area (Å²) in [6.07, 6.45) is -4.97. The Balaban J connectivity index is 1.70. The first-order valence-corrected chi connectivity index (χ1v) is 9.21. The third-order valence-electron chi connectivity index (χ3n) is 4.22. The number of halogens is 4. The maximum atomic E-state index is 13.0. The van der Waals surface area contributed by atoms with E-state index in [9.17, 15) is 27.9 Å². The lowest BCUT2D eigenvalue weighted by Crippen LogP contribution is -2.35. The summed E-state index contributed by atoms with van der Waals surface area (Å²) in [6.45, 7) is -0.824. The molecule has 0 saturated heterocycles. The van der Waals surface area contributed by atoms with Crippen LogP contribution in [-0.2, 0) is 17.5 Å². The maximum Gasteiger partial charge on any atom is 0.416 e. The third-order valence-corrected chi connectivity index (χ3v) is 4.71. The number of nitrogens with zero attached hydrogens (tertiary/aromatic N) is 2. The number of benzene rings is 2. The Kier molecular flexibility index (Phi) is 6.04. The van der Waals surface area contributed by atoms with Gasteiger partial charge in [-0.15, -0.1) is 0 Å². The fourth-order valence-electron chi connectivity index (χ4n) is 2.82. The molecule has 3 rings (SSSR count). The Morgan fingerprint density at radius 1 is 1.24 bits per heavy atom. The quantitative estimate of drug-likeness (QED) is 0.601. The zero-order chi connectivity index (χ0) is 21.2. The highest BCUT2D eigenvalue weighted by Crippen LogP contribution is 2.34. The van der Waals surface area contributed by atoms with Gasteiger partial charge < -0.3 is 10.4 Å². The second-order valence-corrected chi connectivity index (χ2v) is 7.16. The molecule has 29 heavy (non-hydrogen) atoms. The van der Waals surface area contributed by atoms with Gasteiger partial charge in [0.1, 0.15) is 6.54 Å². The Hall–Kier alpha value is -2.72. The SMILES string of the molecule is O=C(Cn1cnc2ccc(Br)cc2c1=O)NCC(O)c1ccccc1C(F)(F)F. The fourth-order valence-corrected chi connectivity index (χ4v) is 3.18. The van der Waals surface area contributed by atoms with E-state index < -0.39 is 35.9 Å². The monoisotopic (exact) mass is 469 g/mol. The van der Waals surface area contributed by atoms with Gasteiger partial charge in [-0.05, 0) is 29.8 Å². The van der Waals surface area contributed by atoms with Crippen LogP contribution in [0, 0.1) is 0 Å². The summed E-state index contributed by atoms with van der Waals surface area (Å²) in [5.74, 6) is -0.646. The van der Waals surface area contributed by atoms with Crippen molar-refractivity contribution in [2.75, 3.05) is 6.54 Å². The lowest BCUT2D eigenvalue weighted by atomic mass is 10.0. The van der Waals surface area contributed by atoms with Gasteiger partial charge in [0, 0.05) is 11.0 Å². The highest BCUT2D eigenvalue weighted by atomic mass is 79.9. The van der Waals surface area contributed by atoms with Gasteiger partial charge in [-0.25, -0.2) is 4.98 Å². The topological polar surface area (TPSA) is 84.2 Å². The summed E-state index contributed by atoms with van der Waals surface area (Å²) in [6, 6.07) is 9.56. The van der Waals surface area contributed by atoms with E-state index in [1.807, 2.05) is 0 Å². The van der Waals surface area contributed by atoms with Crippen LogP contribution in [0.15, 0.2) is 58.1 Å². The average Bonchev–Trinajstić information content (AvgIpc) is 2.68. The molecule has 0 saturated carbocycles. The largest absolute Gasteiger partial charge is 0.416 e. The van der Waals surface area contributed by atoms with Crippen LogP contribution >= 0.6 is 15.9 Å². The standard InChI is InChI=1S/C19H15BrF3N3O3/c20-11-5-6-15-13(7-11)18(29)26(10-25-15)9-17(28)24-8-16(27)12-3-1-2-4-14(12)19(21,22)23/h1-7,10,16,27H,8-9H2,(H,24,28). The summed E-state index contributed by atoms with van der Waals surface area (Å²) in [7, 11) is 0. The van der Waals surface area contributed by atoms with Gasteiger partial charge in [0.15, 0.2) is 0 Å². The molecule has 2 aromatic carbocycles. The molecule has 0 radical (unpaired) electrons. The molecule has 6 nitrogen and oxygen atoms in total. The van der Waals surface area contributed by atoms with E-state index in [0.717, 1.165) is 16.7 Å². The number of aliphatic hydroxyl groups is 1. The van der Waals surface area contributed by atoms with Crippen LogP contribution in [0.1, 0.15) is 17.2 Å². The molecule has 2 N–H and O–H groups in total. The predicted octanol–water partition coefficient (Wildman–Crippen LogP) is 3.03. The number of carbonyl (C=O) groups is 1. The number of nitrogens with one attached hydrogen (secondary N) is 1. The molecule has 0 bridgehead atoms. The molecular formula is C19H15BrF3N3O3. The Bertz CT molecular complexity index is 1120. The molecule has 3 aromatic rings. The van der Waals surface area contributed by atoms with Crippen LogP contribution in [-0.4, -0.2) is 27.1 Å². The summed E-state index contributed by atoms with van der Waals surface area (Å²) < 4.78 is 40.9. The van der Waals surface area contributed by atoms with Gasteiger partial charge in [0.25, 0.3) is 5.56 Å². The summed E-state index contributed by atoms with van der Waals surface area (Å²) in [5.41, 5.74) is -1.28. The van der Waals surface area contributed by atoms with Gasteiger partial charge in [-0.1, -0.05) is 34.1 Å². The number of hydrogen-bond donors (Lipinski definition) is 2. The molecule has 1 amide bonds. The van der Waals surface area contributed by atoms with E-state index in [0.29, 0.717) is 15.4 Å². The van der Waals surface area contributed by atoms with Gasteiger partial charge in [0.2, 0.25) is 5.91 Å². The number of hydrogen-bond acceptors (Lipinski definition) is 4. The van der Waals surface area contributed by atoms with Crippen molar-refractivity contribution in [3.05, 3.63) is 74.7 Å². The molecule has 0 fully saturated rings. The second kappa shape index (κ2) is 8.34. The van der Waals surface area contributed by atoms with Gasteiger partial charge in [0.05, 0.1) is 28.9 Å². The normalized spacial score (nSPS) is 12.7. The molecule has 1 heterocycles. The van der Waals surface area contributed by atoms with E-state index in [4.69, 9.17) is 0 Å². The zero-order valence-electron chi connectivity index (χ0n) is 14.8. The van der Waals surface area contributed by atoms with Crippen molar-refractivity contribution < 1.29 is 23.1 Å². The Morgan fingerprint density at radius 2 is 1.97 bits per heavy atom. The van der Waals surface area contributed by atoms with Crippen LogP contribution in [0.25, 0.3) is 10.9 Å². The number of fused-ring (bicyclic) bond motifs is 1. The number of aliphatic hydroxyl groups excluding tert-OH is 1. The number of rotatable bonds is 5. The van der Waals surface area contributed by atoms with Crippen LogP contribution < -0.4 is 10.9 Å². The fraction of sp³-hybridized carbons (Fsp3) is 0.211. The summed E-state index contributed by atoms with van der Waals surface area (Å²) in [4.78, 5) is 28.7. The van der Waals surface area contributed by atoms with Crippen LogP contribution in [0.3, 0.4) is 0 Å². The molecule has 0 aliphatic heterocycles. The molecule has 1 unspecified atom stereocenters. The van der Waals surface area contributed by atoms with Gasteiger partial charge >= 0.3 is 6.18 Å². The lowest BCUT2D eigenvalue weighted by molar-refractivity contribution is -0.139. The van der Waals surface area contributed by atoms with Crippen molar-refractivity contribution in [3.63, 3.8) is 0 Å². The molecular weight excluding hydrogens is 455 g/mol. The van der Waals surface area contributed by atoms with Crippen molar-refractivity contribution >= 4 is 32.7 Å². The minimum Gasteiger partial charge on any atom is -0.387 e. The van der Waals surface area contributed by atoms with Crippen LogP contribution in [0.2, 0.25) is 0 Å². The van der Waals surface area contributed by atoms with Crippen LogP contribution in [0.4, 0.5) is 13.2 Å². The number of amides is 1. The highest BCUT2D eigenvalue weighted by Gasteiger charge is 2.34. The average molecular weight is 470 g/mol. The first-order chi connectivity index (χ1) is 13.7. The van der Waals surface area contributed by atoms with Crippen molar-refractivity contribution in [2.45, 2.75) is 18.8 Å². The van der Waals surface area contributed by atoms with Gasteiger partial charge in [-0.3, -0.25) is 14.2 Å². The maximum absolute atomic E-state index is 13.0. The number of carbonyl (C=O) groups excluding carboxylic acids is 1. The molecule has 0 aliphatic rings. The Labute approximate surface area is 171 Å². The molecule has 10 heteroatoms. The third kappa shape index (κ3) is 4.83. The smallest absolute Gasteiger partial charge is 0.387 e. The van der Waals surface area contributed by atoms with Crippen molar-refractivity contribution in [1.29, 1.82) is 0 Å². The second-order valence-electron chi connectivity index (χ2n) is 6.24. The van der Waals surface area contributed by atoms with Crippen molar-refractivity contribution in [3.8, 4) is 0 Å². The minimum absolute atomic E-state index is 0.314. The number of alkyl halides is 3. The summed E-state index contributed by atoms with van der Waals surface area (Å²) >= 11 is 3.26. The van der Waals surface area contributed by atoms with Crippen molar-refractivity contribution in [1.82, 2.24) is 14.9 Å². The predicted molar refractivity (Wildman–Crippen MR) is 103 cm³/mol. The van der Waals surface area contributed by atoms with E-state index in [2.05, 4.69) is 26.2 Å². The van der Waals surface area contributed by atoms with Crippen molar-refractivity contribution in [2.24, 2.45) is 0 Å².